The summed E-state index contributed by atoms with van der Waals surface area (Å²) in [6, 6.07) is 14.5. The lowest BCUT2D eigenvalue weighted by molar-refractivity contribution is -0.121. The van der Waals surface area contributed by atoms with E-state index in [1.165, 1.54) is 10.9 Å². The summed E-state index contributed by atoms with van der Waals surface area (Å²) in [5.74, 6) is -2.90. The molecule has 7 nitrogen and oxygen atoms in total. The molecule has 0 spiro atoms. The summed E-state index contributed by atoms with van der Waals surface area (Å²) < 4.78 is 28.9. The van der Waals surface area contributed by atoms with E-state index in [4.69, 9.17) is 0 Å². The summed E-state index contributed by atoms with van der Waals surface area (Å²) >= 11 is 0.333. The first-order valence-electron chi connectivity index (χ1n) is 8.71. The fourth-order valence-corrected chi connectivity index (χ4v) is 3.48. The lowest BCUT2D eigenvalue weighted by Crippen LogP contribution is -2.27. The molecule has 1 N–H and O–H groups in total. The topological polar surface area (TPSA) is 77.6 Å². The Balaban J connectivity index is 1.43. The molecule has 0 atom stereocenters. The van der Waals surface area contributed by atoms with Gasteiger partial charge in [0.05, 0.1) is 16.7 Å². The normalized spacial score (nSPS) is 11.3. The van der Waals surface area contributed by atoms with Crippen LogP contribution in [0.2, 0.25) is 0 Å². The van der Waals surface area contributed by atoms with Crippen LogP contribution in [0, 0.1) is 0 Å². The maximum absolute atomic E-state index is 12.9. The average Bonchev–Trinajstić information content (AvgIpc) is 3.36. The van der Waals surface area contributed by atoms with E-state index in [1.807, 2.05) is 24.3 Å². The van der Waals surface area contributed by atoms with Crippen molar-refractivity contribution in [2.45, 2.75) is 24.0 Å². The molecule has 0 bridgehead atoms. The van der Waals surface area contributed by atoms with E-state index in [9.17, 15) is 13.6 Å². The molecule has 0 fully saturated rings. The van der Waals surface area contributed by atoms with E-state index >= 15 is 0 Å². The van der Waals surface area contributed by atoms with Crippen LogP contribution in [-0.4, -0.2) is 36.0 Å². The van der Waals surface area contributed by atoms with Gasteiger partial charge in [-0.05, 0) is 41.6 Å². The predicted molar refractivity (Wildman–Crippen MR) is 105 cm³/mol. The molecule has 10 heteroatoms. The maximum Gasteiger partial charge on any atom is 0.291 e. The van der Waals surface area contributed by atoms with E-state index in [-0.39, 0.29) is 17.6 Å². The quantitative estimate of drug-likeness (QED) is 0.470. The molecule has 29 heavy (non-hydrogen) atoms. The highest BCUT2D eigenvalue weighted by atomic mass is 32.2. The van der Waals surface area contributed by atoms with Crippen LogP contribution in [0.1, 0.15) is 5.56 Å². The van der Waals surface area contributed by atoms with E-state index in [0.29, 0.717) is 29.3 Å². The van der Waals surface area contributed by atoms with Crippen molar-refractivity contribution in [3.8, 4) is 5.69 Å². The van der Waals surface area contributed by atoms with Crippen molar-refractivity contribution in [2.75, 3.05) is 0 Å². The number of para-hydroxylation sites is 2. The van der Waals surface area contributed by atoms with Crippen molar-refractivity contribution in [2.24, 2.45) is 0 Å². The summed E-state index contributed by atoms with van der Waals surface area (Å²) in [6.07, 6.45) is 3.05. The van der Waals surface area contributed by atoms with Crippen molar-refractivity contribution < 1.29 is 13.6 Å². The Bertz CT molecular complexity index is 1110. The van der Waals surface area contributed by atoms with Crippen LogP contribution in [0.25, 0.3) is 16.7 Å². The first-order valence-corrected chi connectivity index (χ1v) is 9.59. The van der Waals surface area contributed by atoms with Crippen molar-refractivity contribution in [1.29, 1.82) is 0 Å². The van der Waals surface area contributed by atoms with Gasteiger partial charge in [-0.15, -0.1) is 0 Å². The van der Waals surface area contributed by atoms with Gasteiger partial charge in [-0.25, -0.2) is 14.6 Å². The zero-order valence-corrected chi connectivity index (χ0v) is 15.9. The van der Waals surface area contributed by atoms with Crippen LogP contribution >= 0.6 is 11.8 Å². The Morgan fingerprint density at radius 2 is 1.93 bits per heavy atom. The number of thioether (sulfide) groups is 1. The number of nitrogens with zero attached hydrogens (tertiary/aromatic N) is 5. The molecule has 1 amide bonds. The van der Waals surface area contributed by atoms with Crippen molar-refractivity contribution in [3.05, 3.63) is 66.7 Å². The second kappa shape index (κ2) is 8.39. The first-order chi connectivity index (χ1) is 14.1. The number of halogens is 2. The Kier molecular flexibility index (Phi) is 5.52. The Hall–Kier alpha value is -3.27. The van der Waals surface area contributed by atoms with Gasteiger partial charge in [-0.1, -0.05) is 24.3 Å². The molecular formula is C19H16F2N6OS. The number of hydrogen-bond donors (Lipinski definition) is 1. The summed E-state index contributed by atoms with van der Waals surface area (Å²) in [4.78, 5) is 20.6. The molecule has 0 saturated carbocycles. The Morgan fingerprint density at radius 3 is 2.66 bits per heavy atom. The zero-order valence-electron chi connectivity index (χ0n) is 15.1. The molecule has 0 unspecified atom stereocenters. The molecule has 2 aromatic heterocycles. The van der Waals surface area contributed by atoms with Gasteiger partial charge < -0.3 is 9.88 Å². The van der Waals surface area contributed by atoms with Crippen LogP contribution in [0.3, 0.4) is 0 Å². The van der Waals surface area contributed by atoms with Gasteiger partial charge in [0.2, 0.25) is 5.91 Å². The number of amides is 1. The number of carbonyl (C=O) groups excluding carboxylic acids is 1. The number of fused-ring (bicyclic) bond motifs is 1. The number of aromatic nitrogens is 5. The first kappa shape index (κ1) is 19.1. The van der Waals surface area contributed by atoms with E-state index in [1.54, 1.807) is 35.3 Å². The van der Waals surface area contributed by atoms with E-state index < -0.39 is 5.76 Å². The van der Waals surface area contributed by atoms with Gasteiger partial charge in [0.25, 0.3) is 5.76 Å². The fraction of sp³-hybridized carbons (Fsp3) is 0.158. The molecule has 0 radical (unpaired) electrons. The monoisotopic (exact) mass is 414 g/mol. The summed E-state index contributed by atoms with van der Waals surface area (Å²) in [5, 5.41) is 6.99. The standard InChI is InChI=1S/C19H16F2N6OS/c20-18(21)29-19-25-15-3-1-2-4-16(15)26(19)10-17(28)23-9-13-5-7-14(8-6-13)27-12-22-11-24-27/h1-8,11-12,18H,9-10H2,(H,23,28). The van der Waals surface area contributed by atoms with E-state index in [2.05, 4.69) is 20.4 Å². The highest BCUT2D eigenvalue weighted by molar-refractivity contribution is 7.99. The Labute approximate surface area is 168 Å². The molecule has 148 valence electrons. The fourth-order valence-electron chi connectivity index (χ4n) is 2.88. The molecule has 0 aliphatic carbocycles. The number of carbonyl (C=O) groups is 1. The highest BCUT2D eigenvalue weighted by Crippen LogP contribution is 2.28. The smallest absolute Gasteiger partial charge is 0.291 e. The number of alkyl halides is 2. The lowest BCUT2D eigenvalue weighted by Gasteiger charge is -2.10. The van der Waals surface area contributed by atoms with Gasteiger partial charge in [-0.3, -0.25) is 4.79 Å². The minimum Gasteiger partial charge on any atom is -0.350 e. The second-order valence-electron chi connectivity index (χ2n) is 6.13. The van der Waals surface area contributed by atoms with Gasteiger partial charge in [-0.2, -0.15) is 13.9 Å². The second-order valence-corrected chi connectivity index (χ2v) is 7.09. The lowest BCUT2D eigenvalue weighted by atomic mass is 10.2. The van der Waals surface area contributed by atoms with Crippen LogP contribution < -0.4 is 5.32 Å². The SMILES string of the molecule is O=C(Cn1c(SC(F)F)nc2ccccc21)NCc1ccc(-n2cncn2)cc1. The van der Waals surface area contributed by atoms with Crippen molar-refractivity contribution in [1.82, 2.24) is 29.6 Å². The third kappa shape index (κ3) is 4.43. The average molecular weight is 414 g/mol. The molecule has 2 aromatic carbocycles. The molecule has 0 aliphatic heterocycles. The van der Waals surface area contributed by atoms with Crippen LogP contribution in [0.5, 0.6) is 0 Å². The summed E-state index contributed by atoms with van der Waals surface area (Å²) in [7, 11) is 0. The summed E-state index contributed by atoms with van der Waals surface area (Å²) in [6.45, 7) is 0.229. The van der Waals surface area contributed by atoms with Crippen LogP contribution in [0.15, 0.2) is 66.3 Å². The maximum atomic E-state index is 12.9. The molecule has 4 aromatic rings. The van der Waals surface area contributed by atoms with Gasteiger partial charge in [0, 0.05) is 6.54 Å². The molecule has 0 aliphatic rings. The van der Waals surface area contributed by atoms with Crippen LogP contribution in [0.4, 0.5) is 8.78 Å². The third-order valence-electron chi connectivity index (χ3n) is 4.23. The van der Waals surface area contributed by atoms with Crippen molar-refractivity contribution >= 4 is 28.7 Å². The number of hydrogen-bond acceptors (Lipinski definition) is 5. The molecule has 0 saturated heterocycles. The van der Waals surface area contributed by atoms with Gasteiger partial charge in [0.15, 0.2) is 5.16 Å². The van der Waals surface area contributed by atoms with Crippen molar-refractivity contribution in [3.63, 3.8) is 0 Å². The number of imidazole rings is 1. The van der Waals surface area contributed by atoms with Gasteiger partial charge in [0.1, 0.15) is 19.2 Å². The third-order valence-corrected chi connectivity index (χ3v) is 4.93. The molecular weight excluding hydrogens is 398 g/mol. The molecule has 4 rings (SSSR count). The zero-order chi connectivity index (χ0) is 20.2. The number of rotatable bonds is 7. The highest BCUT2D eigenvalue weighted by Gasteiger charge is 2.17. The minimum atomic E-state index is -2.61. The Morgan fingerprint density at radius 1 is 1.14 bits per heavy atom. The number of benzene rings is 2. The molecule has 2 heterocycles. The minimum absolute atomic E-state index is 0.0907. The number of nitrogens with one attached hydrogen (secondary N) is 1. The largest absolute Gasteiger partial charge is 0.350 e. The van der Waals surface area contributed by atoms with E-state index in [0.717, 1.165) is 11.3 Å². The summed E-state index contributed by atoms with van der Waals surface area (Å²) in [5.41, 5.74) is 2.98. The van der Waals surface area contributed by atoms with Gasteiger partial charge >= 0.3 is 0 Å². The van der Waals surface area contributed by atoms with Crippen LogP contribution in [-0.2, 0) is 17.9 Å². The predicted octanol–water partition coefficient (Wildman–Crippen LogP) is 3.25.